The number of rotatable bonds is 3. The third-order valence-electron chi connectivity index (χ3n) is 3.88. The molecule has 6 nitrogen and oxygen atoms in total. The van der Waals surface area contributed by atoms with Crippen LogP contribution < -0.4 is 15.5 Å². The van der Waals surface area contributed by atoms with Gasteiger partial charge < -0.3 is 10.2 Å². The first-order valence-corrected chi connectivity index (χ1v) is 7.92. The number of aromatic nitrogens is 2. The molecule has 0 saturated carbocycles. The van der Waals surface area contributed by atoms with E-state index in [1.165, 1.54) is 25.6 Å². The van der Waals surface area contributed by atoms with Crippen LogP contribution >= 0.6 is 0 Å². The van der Waals surface area contributed by atoms with Crippen LogP contribution in [0.25, 0.3) is 0 Å². The molecule has 2 amide bonds. The molecule has 0 bridgehead atoms. The Bertz CT molecular complexity index is 665. The highest BCUT2D eigenvalue weighted by Crippen LogP contribution is 2.19. The topological polar surface area (TPSA) is 70.2 Å². The highest BCUT2D eigenvalue weighted by atomic mass is 16.2. The summed E-state index contributed by atoms with van der Waals surface area (Å²) in [6.07, 6.45) is 5.12. The van der Waals surface area contributed by atoms with Crippen LogP contribution in [0.4, 0.5) is 22.1 Å². The van der Waals surface area contributed by atoms with E-state index >= 15 is 0 Å². The number of urea groups is 1. The number of anilines is 3. The highest BCUT2D eigenvalue weighted by Gasteiger charge is 2.13. The summed E-state index contributed by atoms with van der Waals surface area (Å²) < 4.78 is 0. The number of carbonyl (C=O) groups is 1. The van der Waals surface area contributed by atoms with E-state index in [4.69, 9.17) is 0 Å². The van der Waals surface area contributed by atoms with E-state index in [1.807, 2.05) is 37.3 Å². The number of amides is 2. The fourth-order valence-electron chi connectivity index (χ4n) is 2.63. The number of piperidine rings is 1. The highest BCUT2D eigenvalue weighted by molar-refractivity contribution is 5.99. The molecule has 1 aliphatic rings. The lowest BCUT2D eigenvalue weighted by Gasteiger charge is -2.27. The Labute approximate surface area is 135 Å². The SMILES string of the molecule is Cc1ccc(NC(=O)Nc2cc(N3CCCCC3)ncn2)cc1. The molecule has 0 aliphatic carbocycles. The lowest BCUT2D eigenvalue weighted by molar-refractivity contribution is 0.262. The molecule has 3 rings (SSSR count). The number of hydrogen-bond donors (Lipinski definition) is 2. The van der Waals surface area contributed by atoms with Gasteiger partial charge in [0.15, 0.2) is 0 Å². The molecular formula is C17H21N5O. The van der Waals surface area contributed by atoms with Crippen LogP contribution in [0.1, 0.15) is 24.8 Å². The van der Waals surface area contributed by atoms with Crippen LogP contribution in [0.2, 0.25) is 0 Å². The molecule has 1 aliphatic heterocycles. The lowest BCUT2D eigenvalue weighted by Crippen LogP contribution is -2.30. The van der Waals surface area contributed by atoms with Crippen molar-refractivity contribution in [2.75, 3.05) is 28.6 Å². The number of nitrogens with one attached hydrogen (secondary N) is 2. The second-order valence-electron chi connectivity index (χ2n) is 5.75. The van der Waals surface area contributed by atoms with Gasteiger partial charge in [-0.05, 0) is 38.3 Å². The van der Waals surface area contributed by atoms with E-state index in [9.17, 15) is 4.79 Å². The smallest absolute Gasteiger partial charge is 0.324 e. The maximum absolute atomic E-state index is 12.1. The number of hydrogen-bond acceptors (Lipinski definition) is 4. The Morgan fingerprint density at radius 2 is 1.78 bits per heavy atom. The summed E-state index contributed by atoms with van der Waals surface area (Å²) in [6, 6.07) is 9.16. The van der Waals surface area contributed by atoms with Gasteiger partial charge in [0.05, 0.1) is 0 Å². The number of aryl methyl sites for hydroxylation is 1. The average molecular weight is 311 g/mol. The van der Waals surface area contributed by atoms with Crippen molar-refractivity contribution in [3.63, 3.8) is 0 Å². The van der Waals surface area contributed by atoms with Crippen molar-refractivity contribution in [2.45, 2.75) is 26.2 Å². The monoisotopic (exact) mass is 311 g/mol. The lowest BCUT2D eigenvalue weighted by atomic mass is 10.1. The Morgan fingerprint density at radius 1 is 1.04 bits per heavy atom. The zero-order chi connectivity index (χ0) is 16.1. The molecular weight excluding hydrogens is 290 g/mol. The number of nitrogens with zero attached hydrogens (tertiary/aromatic N) is 3. The van der Waals surface area contributed by atoms with Crippen LogP contribution in [0.15, 0.2) is 36.7 Å². The van der Waals surface area contributed by atoms with Crippen LogP contribution in [-0.2, 0) is 0 Å². The maximum Gasteiger partial charge on any atom is 0.324 e. The fourth-order valence-corrected chi connectivity index (χ4v) is 2.63. The van der Waals surface area contributed by atoms with Gasteiger partial charge in [0.2, 0.25) is 0 Å². The quantitative estimate of drug-likeness (QED) is 0.911. The zero-order valence-electron chi connectivity index (χ0n) is 13.2. The van der Waals surface area contributed by atoms with Gasteiger partial charge in [-0.2, -0.15) is 0 Å². The molecule has 2 aromatic rings. The van der Waals surface area contributed by atoms with Crippen molar-refractivity contribution in [2.24, 2.45) is 0 Å². The third-order valence-corrected chi connectivity index (χ3v) is 3.88. The fraction of sp³-hybridized carbons (Fsp3) is 0.353. The molecule has 1 fully saturated rings. The van der Waals surface area contributed by atoms with Gasteiger partial charge in [-0.25, -0.2) is 14.8 Å². The average Bonchev–Trinajstić information content (AvgIpc) is 2.58. The van der Waals surface area contributed by atoms with Gasteiger partial charge in [0.1, 0.15) is 18.0 Å². The molecule has 0 radical (unpaired) electrons. The summed E-state index contributed by atoms with van der Waals surface area (Å²) in [5.74, 6) is 1.37. The Kier molecular flexibility index (Phi) is 4.71. The van der Waals surface area contributed by atoms with E-state index in [1.54, 1.807) is 0 Å². The minimum Gasteiger partial charge on any atom is -0.356 e. The Morgan fingerprint density at radius 3 is 2.52 bits per heavy atom. The largest absolute Gasteiger partial charge is 0.356 e. The standard InChI is InChI=1S/C17H21N5O/c1-13-5-7-14(8-6-13)20-17(23)21-15-11-16(19-12-18-15)22-9-3-2-4-10-22/h5-8,11-12H,2-4,9-10H2,1H3,(H2,18,19,20,21,23). The number of benzene rings is 1. The summed E-state index contributed by atoms with van der Waals surface area (Å²) in [6.45, 7) is 4.02. The predicted octanol–water partition coefficient (Wildman–Crippen LogP) is 3.42. The van der Waals surface area contributed by atoms with Crippen LogP contribution in [-0.4, -0.2) is 29.1 Å². The number of carbonyl (C=O) groups excluding carboxylic acids is 1. The maximum atomic E-state index is 12.1. The van der Waals surface area contributed by atoms with Gasteiger partial charge in [-0.15, -0.1) is 0 Å². The van der Waals surface area contributed by atoms with Gasteiger partial charge in [-0.3, -0.25) is 5.32 Å². The van der Waals surface area contributed by atoms with Crippen LogP contribution in [0, 0.1) is 6.92 Å². The summed E-state index contributed by atoms with van der Waals surface area (Å²) in [4.78, 5) is 22.7. The molecule has 0 atom stereocenters. The molecule has 2 N–H and O–H groups in total. The van der Waals surface area contributed by atoms with Crippen molar-refractivity contribution >= 4 is 23.4 Å². The van der Waals surface area contributed by atoms with Crippen molar-refractivity contribution in [3.8, 4) is 0 Å². The molecule has 6 heteroatoms. The van der Waals surface area contributed by atoms with Crippen LogP contribution in [0.3, 0.4) is 0 Å². The van der Waals surface area contributed by atoms with Crippen molar-refractivity contribution in [1.29, 1.82) is 0 Å². The minimum atomic E-state index is -0.308. The van der Waals surface area contributed by atoms with Crippen molar-refractivity contribution in [3.05, 3.63) is 42.2 Å². The summed E-state index contributed by atoms with van der Waals surface area (Å²) in [5, 5.41) is 5.55. The van der Waals surface area contributed by atoms with Gasteiger partial charge in [0.25, 0.3) is 0 Å². The molecule has 0 spiro atoms. The van der Waals surface area contributed by atoms with E-state index in [0.29, 0.717) is 5.82 Å². The summed E-state index contributed by atoms with van der Waals surface area (Å²) in [5.41, 5.74) is 1.90. The van der Waals surface area contributed by atoms with E-state index < -0.39 is 0 Å². The summed E-state index contributed by atoms with van der Waals surface area (Å²) >= 11 is 0. The first-order chi connectivity index (χ1) is 11.2. The molecule has 0 unspecified atom stereocenters. The molecule has 2 heterocycles. The summed E-state index contributed by atoms with van der Waals surface area (Å²) in [7, 11) is 0. The van der Waals surface area contributed by atoms with Crippen LogP contribution in [0.5, 0.6) is 0 Å². The molecule has 120 valence electrons. The molecule has 1 aromatic heterocycles. The first kappa shape index (κ1) is 15.3. The second-order valence-corrected chi connectivity index (χ2v) is 5.75. The second kappa shape index (κ2) is 7.09. The first-order valence-electron chi connectivity index (χ1n) is 7.92. The normalized spacial score (nSPS) is 14.4. The third kappa shape index (κ3) is 4.18. The predicted molar refractivity (Wildman–Crippen MR) is 91.9 cm³/mol. The minimum absolute atomic E-state index is 0.308. The van der Waals surface area contributed by atoms with E-state index in [2.05, 4.69) is 25.5 Å². The Balaban J connectivity index is 1.62. The van der Waals surface area contributed by atoms with Crippen molar-refractivity contribution in [1.82, 2.24) is 9.97 Å². The zero-order valence-corrected chi connectivity index (χ0v) is 13.2. The van der Waals surface area contributed by atoms with Gasteiger partial charge >= 0.3 is 6.03 Å². The molecule has 1 saturated heterocycles. The molecule has 1 aromatic carbocycles. The van der Waals surface area contributed by atoms with Gasteiger partial charge in [0, 0.05) is 24.8 Å². The Hall–Kier alpha value is -2.63. The van der Waals surface area contributed by atoms with Crippen molar-refractivity contribution < 1.29 is 4.79 Å². The van der Waals surface area contributed by atoms with E-state index in [-0.39, 0.29) is 6.03 Å². The van der Waals surface area contributed by atoms with E-state index in [0.717, 1.165) is 30.2 Å². The molecule has 23 heavy (non-hydrogen) atoms. The van der Waals surface area contributed by atoms with Gasteiger partial charge in [-0.1, -0.05) is 17.7 Å².